The highest BCUT2D eigenvalue weighted by Gasteiger charge is 2.07. The summed E-state index contributed by atoms with van der Waals surface area (Å²) in [6.07, 6.45) is 0. The van der Waals surface area contributed by atoms with Crippen molar-refractivity contribution in [3.8, 4) is 0 Å². The van der Waals surface area contributed by atoms with Crippen molar-refractivity contribution in [2.24, 2.45) is 0 Å². The quantitative estimate of drug-likeness (QED) is 0.650. The standard InChI is InChI=1S/C15H14N2O2/c1-11(18)16-17-14-9-7-13(8-10-14)15(19)12-5-3-2-4-6-12/h2-10,17H,1H3,(H,16,18). The highest BCUT2D eigenvalue weighted by molar-refractivity contribution is 6.09. The van der Waals surface area contributed by atoms with Crippen LogP contribution >= 0.6 is 0 Å². The maximum absolute atomic E-state index is 12.1. The lowest BCUT2D eigenvalue weighted by atomic mass is 10.0. The van der Waals surface area contributed by atoms with Crippen molar-refractivity contribution >= 4 is 17.4 Å². The fourth-order valence-corrected chi connectivity index (χ4v) is 1.62. The number of hydrogen-bond acceptors (Lipinski definition) is 3. The van der Waals surface area contributed by atoms with E-state index in [0.717, 1.165) is 5.69 Å². The van der Waals surface area contributed by atoms with E-state index in [1.807, 2.05) is 18.2 Å². The van der Waals surface area contributed by atoms with Crippen LogP contribution < -0.4 is 10.9 Å². The van der Waals surface area contributed by atoms with E-state index >= 15 is 0 Å². The summed E-state index contributed by atoms with van der Waals surface area (Å²) in [6, 6.07) is 16.0. The number of amides is 1. The van der Waals surface area contributed by atoms with Gasteiger partial charge < -0.3 is 0 Å². The van der Waals surface area contributed by atoms with Crippen LogP contribution in [0.2, 0.25) is 0 Å². The van der Waals surface area contributed by atoms with E-state index in [2.05, 4.69) is 10.9 Å². The van der Waals surface area contributed by atoms with Crippen molar-refractivity contribution < 1.29 is 9.59 Å². The van der Waals surface area contributed by atoms with E-state index in [9.17, 15) is 9.59 Å². The lowest BCUT2D eigenvalue weighted by Gasteiger charge is -2.07. The molecule has 0 aromatic heterocycles. The second-order valence-electron chi connectivity index (χ2n) is 4.08. The topological polar surface area (TPSA) is 58.2 Å². The lowest BCUT2D eigenvalue weighted by molar-refractivity contribution is -0.118. The molecule has 0 radical (unpaired) electrons. The Morgan fingerprint density at radius 3 is 2.00 bits per heavy atom. The SMILES string of the molecule is CC(=O)NNc1ccc(C(=O)c2ccccc2)cc1. The number of benzene rings is 2. The van der Waals surface area contributed by atoms with Crippen LogP contribution in [-0.2, 0) is 4.79 Å². The van der Waals surface area contributed by atoms with E-state index in [1.165, 1.54) is 6.92 Å². The highest BCUT2D eigenvalue weighted by Crippen LogP contribution is 2.13. The molecule has 0 unspecified atom stereocenters. The van der Waals surface area contributed by atoms with Crippen molar-refractivity contribution in [2.75, 3.05) is 5.43 Å². The molecular formula is C15H14N2O2. The molecular weight excluding hydrogens is 240 g/mol. The molecule has 2 aromatic carbocycles. The molecule has 0 bridgehead atoms. The zero-order valence-electron chi connectivity index (χ0n) is 10.5. The Morgan fingerprint density at radius 1 is 0.842 bits per heavy atom. The Labute approximate surface area is 111 Å². The Hall–Kier alpha value is -2.62. The van der Waals surface area contributed by atoms with Gasteiger partial charge in [0, 0.05) is 18.1 Å². The molecule has 1 amide bonds. The van der Waals surface area contributed by atoms with Crippen molar-refractivity contribution in [3.05, 3.63) is 65.7 Å². The first kappa shape index (κ1) is 12.8. The average molecular weight is 254 g/mol. The fraction of sp³-hybridized carbons (Fsp3) is 0.0667. The number of ketones is 1. The molecule has 0 aliphatic carbocycles. The Balaban J connectivity index is 2.10. The Bertz CT molecular complexity index is 577. The first-order valence-electron chi connectivity index (χ1n) is 5.89. The second-order valence-corrected chi connectivity index (χ2v) is 4.08. The smallest absolute Gasteiger partial charge is 0.235 e. The number of rotatable bonds is 4. The van der Waals surface area contributed by atoms with Crippen molar-refractivity contribution in [3.63, 3.8) is 0 Å². The summed E-state index contributed by atoms with van der Waals surface area (Å²) in [7, 11) is 0. The zero-order chi connectivity index (χ0) is 13.7. The number of hydrazine groups is 1. The van der Waals surface area contributed by atoms with E-state index in [4.69, 9.17) is 0 Å². The summed E-state index contributed by atoms with van der Waals surface area (Å²) >= 11 is 0. The van der Waals surface area contributed by atoms with Crippen LogP contribution in [0, 0.1) is 0 Å². The van der Waals surface area contributed by atoms with Crippen LogP contribution in [0.15, 0.2) is 54.6 Å². The van der Waals surface area contributed by atoms with Gasteiger partial charge in [-0.2, -0.15) is 0 Å². The fourth-order valence-electron chi connectivity index (χ4n) is 1.62. The minimum Gasteiger partial charge on any atom is -0.299 e. The van der Waals surface area contributed by atoms with Gasteiger partial charge in [-0.25, -0.2) is 0 Å². The van der Waals surface area contributed by atoms with Crippen molar-refractivity contribution in [2.45, 2.75) is 6.92 Å². The number of anilines is 1. The summed E-state index contributed by atoms with van der Waals surface area (Å²) < 4.78 is 0. The van der Waals surface area contributed by atoms with E-state index in [0.29, 0.717) is 11.1 Å². The van der Waals surface area contributed by atoms with Gasteiger partial charge in [0.15, 0.2) is 5.78 Å². The van der Waals surface area contributed by atoms with Crippen LogP contribution in [0.4, 0.5) is 5.69 Å². The average Bonchev–Trinajstić information content (AvgIpc) is 2.46. The Kier molecular flexibility index (Phi) is 3.93. The second kappa shape index (κ2) is 5.82. The minimum atomic E-state index is -0.176. The summed E-state index contributed by atoms with van der Waals surface area (Å²) in [5.41, 5.74) is 7.20. The predicted molar refractivity (Wildman–Crippen MR) is 73.8 cm³/mol. The third kappa shape index (κ3) is 3.42. The summed E-state index contributed by atoms with van der Waals surface area (Å²) in [5.74, 6) is -0.198. The molecule has 0 saturated carbocycles. The van der Waals surface area contributed by atoms with Gasteiger partial charge in [0.2, 0.25) is 5.91 Å². The molecule has 2 aromatic rings. The van der Waals surface area contributed by atoms with Gasteiger partial charge in [0.05, 0.1) is 5.69 Å². The van der Waals surface area contributed by atoms with Gasteiger partial charge in [-0.3, -0.25) is 20.4 Å². The van der Waals surface area contributed by atoms with Crippen LogP contribution in [0.25, 0.3) is 0 Å². The number of nitrogens with one attached hydrogen (secondary N) is 2. The van der Waals surface area contributed by atoms with Gasteiger partial charge in [-0.05, 0) is 24.3 Å². The molecule has 2 N–H and O–H groups in total. The minimum absolute atomic E-state index is 0.0216. The molecule has 0 fully saturated rings. The molecule has 4 nitrogen and oxygen atoms in total. The van der Waals surface area contributed by atoms with Gasteiger partial charge in [-0.15, -0.1) is 0 Å². The van der Waals surface area contributed by atoms with Crippen molar-refractivity contribution in [1.29, 1.82) is 0 Å². The van der Waals surface area contributed by atoms with Gasteiger partial charge in [0.25, 0.3) is 0 Å². The molecule has 0 saturated heterocycles. The number of carbonyl (C=O) groups is 2. The molecule has 0 heterocycles. The molecule has 19 heavy (non-hydrogen) atoms. The van der Waals surface area contributed by atoms with Gasteiger partial charge >= 0.3 is 0 Å². The third-order valence-corrected chi connectivity index (χ3v) is 2.57. The molecule has 0 atom stereocenters. The summed E-state index contributed by atoms with van der Waals surface area (Å²) in [4.78, 5) is 22.9. The molecule has 4 heteroatoms. The Morgan fingerprint density at radius 2 is 1.42 bits per heavy atom. The van der Waals surface area contributed by atoms with Crippen molar-refractivity contribution in [1.82, 2.24) is 5.43 Å². The molecule has 2 rings (SSSR count). The predicted octanol–water partition coefficient (Wildman–Crippen LogP) is 2.38. The van der Waals surface area contributed by atoms with E-state index in [-0.39, 0.29) is 11.7 Å². The number of carbonyl (C=O) groups excluding carboxylic acids is 2. The first-order chi connectivity index (χ1) is 9.16. The summed E-state index contributed by atoms with van der Waals surface area (Å²) in [5, 5.41) is 0. The third-order valence-electron chi connectivity index (χ3n) is 2.57. The van der Waals surface area contributed by atoms with E-state index < -0.39 is 0 Å². The van der Waals surface area contributed by atoms with Crippen LogP contribution in [0.1, 0.15) is 22.8 Å². The monoisotopic (exact) mass is 254 g/mol. The maximum Gasteiger partial charge on any atom is 0.235 e. The van der Waals surface area contributed by atoms with Crippen LogP contribution in [-0.4, -0.2) is 11.7 Å². The number of hydrogen-bond donors (Lipinski definition) is 2. The van der Waals surface area contributed by atoms with Crippen LogP contribution in [0.5, 0.6) is 0 Å². The summed E-state index contributed by atoms with van der Waals surface area (Å²) in [6.45, 7) is 1.42. The van der Waals surface area contributed by atoms with Gasteiger partial charge in [-0.1, -0.05) is 30.3 Å². The van der Waals surface area contributed by atoms with E-state index in [1.54, 1.807) is 36.4 Å². The normalized spacial score (nSPS) is 9.74. The van der Waals surface area contributed by atoms with Gasteiger partial charge in [0.1, 0.15) is 0 Å². The first-order valence-corrected chi connectivity index (χ1v) is 5.89. The lowest BCUT2D eigenvalue weighted by Crippen LogP contribution is -2.26. The van der Waals surface area contributed by atoms with Crippen LogP contribution in [0.3, 0.4) is 0 Å². The highest BCUT2D eigenvalue weighted by atomic mass is 16.2. The largest absolute Gasteiger partial charge is 0.299 e. The zero-order valence-corrected chi connectivity index (χ0v) is 10.5. The molecule has 0 spiro atoms. The molecule has 0 aliphatic rings. The maximum atomic E-state index is 12.1. The molecule has 0 aliphatic heterocycles. The molecule has 96 valence electrons.